The van der Waals surface area contributed by atoms with Crippen molar-refractivity contribution in [1.82, 2.24) is 19.9 Å². The molecule has 0 aliphatic carbocycles. The molecule has 0 spiro atoms. The molecule has 29 heavy (non-hydrogen) atoms. The second kappa shape index (κ2) is 8.40. The third-order valence-electron chi connectivity index (χ3n) is 5.11. The van der Waals surface area contributed by atoms with Crippen LogP contribution in [0.1, 0.15) is 12.2 Å². The highest BCUT2D eigenvalue weighted by molar-refractivity contribution is 5.90. The number of aryl methyl sites for hydroxylation is 1. The van der Waals surface area contributed by atoms with E-state index in [1.54, 1.807) is 24.4 Å². The van der Waals surface area contributed by atoms with Crippen LogP contribution in [0.5, 0.6) is 0 Å². The zero-order valence-electron chi connectivity index (χ0n) is 16.4. The first-order valence-electron chi connectivity index (χ1n) is 9.76. The summed E-state index contributed by atoms with van der Waals surface area (Å²) < 4.78 is 0. The third-order valence-corrected chi connectivity index (χ3v) is 5.11. The van der Waals surface area contributed by atoms with E-state index in [-0.39, 0.29) is 17.9 Å². The Labute approximate surface area is 168 Å². The van der Waals surface area contributed by atoms with Gasteiger partial charge in [0.25, 0.3) is 5.56 Å². The number of rotatable bonds is 5. The predicted octanol–water partition coefficient (Wildman–Crippen LogP) is 1.64. The number of aromatic nitrogens is 3. The number of carbonyl (C=O) groups excluding carboxylic acids is 1. The highest BCUT2D eigenvalue weighted by Crippen LogP contribution is 2.16. The van der Waals surface area contributed by atoms with E-state index in [9.17, 15) is 9.59 Å². The molecular weight excluding hydrogens is 368 g/mol. The van der Waals surface area contributed by atoms with Gasteiger partial charge in [-0.05, 0) is 31.3 Å². The van der Waals surface area contributed by atoms with E-state index in [2.05, 4.69) is 37.1 Å². The van der Waals surface area contributed by atoms with Gasteiger partial charge in [0.05, 0.1) is 22.8 Å². The molecule has 0 atom stereocenters. The molecule has 1 aliphatic heterocycles. The molecule has 0 saturated carbocycles. The maximum absolute atomic E-state index is 12.3. The summed E-state index contributed by atoms with van der Waals surface area (Å²) in [5.41, 5.74) is 1.11. The Hall–Kier alpha value is -3.26. The van der Waals surface area contributed by atoms with Crippen molar-refractivity contribution in [3.05, 3.63) is 58.8 Å². The fourth-order valence-electron chi connectivity index (χ4n) is 3.39. The smallest absolute Gasteiger partial charge is 0.258 e. The first-order valence-corrected chi connectivity index (χ1v) is 9.76. The Morgan fingerprint density at radius 2 is 1.93 bits per heavy atom. The minimum atomic E-state index is -0.185. The Balaban J connectivity index is 1.33. The van der Waals surface area contributed by atoms with Gasteiger partial charge in [-0.2, -0.15) is 0 Å². The number of amides is 1. The summed E-state index contributed by atoms with van der Waals surface area (Å²) in [5.74, 6) is 1.29. The van der Waals surface area contributed by atoms with Crippen LogP contribution < -0.4 is 15.8 Å². The van der Waals surface area contributed by atoms with Crippen molar-refractivity contribution in [2.24, 2.45) is 0 Å². The number of hydrogen-bond donors (Lipinski definition) is 2. The molecular formula is C21H24N6O2. The minimum Gasteiger partial charge on any atom is -0.354 e. The van der Waals surface area contributed by atoms with E-state index < -0.39 is 0 Å². The van der Waals surface area contributed by atoms with Crippen LogP contribution in [0, 0.1) is 0 Å². The number of anilines is 2. The van der Waals surface area contributed by atoms with Crippen LogP contribution in [-0.2, 0) is 11.2 Å². The van der Waals surface area contributed by atoms with Crippen LogP contribution in [0.3, 0.4) is 0 Å². The number of hydrogen-bond acceptors (Lipinski definition) is 6. The Kier molecular flexibility index (Phi) is 5.53. The maximum atomic E-state index is 12.3. The molecule has 4 rings (SSSR count). The summed E-state index contributed by atoms with van der Waals surface area (Å²) in [5, 5.41) is 3.40. The van der Waals surface area contributed by atoms with Crippen LogP contribution in [0.2, 0.25) is 0 Å². The number of para-hydroxylation sites is 1. The number of H-pyrrole nitrogens is 1. The lowest BCUT2D eigenvalue weighted by Crippen LogP contribution is -2.44. The number of piperazine rings is 1. The van der Waals surface area contributed by atoms with Gasteiger partial charge < -0.3 is 20.1 Å². The summed E-state index contributed by atoms with van der Waals surface area (Å²) in [6.07, 6.45) is 2.27. The Morgan fingerprint density at radius 1 is 1.14 bits per heavy atom. The summed E-state index contributed by atoms with van der Waals surface area (Å²) in [7, 11) is 2.12. The van der Waals surface area contributed by atoms with Crippen molar-refractivity contribution in [2.75, 3.05) is 43.4 Å². The third kappa shape index (κ3) is 4.60. The maximum Gasteiger partial charge on any atom is 0.258 e. The zero-order chi connectivity index (χ0) is 20.2. The molecule has 8 heteroatoms. The Bertz CT molecular complexity index is 1050. The van der Waals surface area contributed by atoms with Crippen LogP contribution in [0.15, 0.2) is 47.4 Å². The second-order valence-electron chi connectivity index (χ2n) is 7.27. The minimum absolute atomic E-state index is 0.144. The Morgan fingerprint density at radius 3 is 2.69 bits per heavy atom. The van der Waals surface area contributed by atoms with Gasteiger partial charge in [-0.25, -0.2) is 9.97 Å². The van der Waals surface area contributed by atoms with E-state index in [1.807, 2.05) is 18.2 Å². The fourth-order valence-corrected chi connectivity index (χ4v) is 3.39. The molecule has 1 aliphatic rings. The largest absolute Gasteiger partial charge is 0.354 e. The van der Waals surface area contributed by atoms with Crippen molar-refractivity contribution >= 4 is 28.3 Å². The molecule has 2 aromatic heterocycles. The standard InChI is InChI=1S/C21H24N6O2/c1-26-10-12-27(13-11-26)19-8-6-15(14-22-19)23-20(28)9-7-18-24-17-5-3-2-4-16(17)21(29)25-18/h2-6,8,14H,7,9-13H2,1H3,(H,23,28)(H,24,25,29). The number of fused-ring (bicyclic) bond motifs is 1. The van der Waals surface area contributed by atoms with Crippen LogP contribution in [0.25, 0.3) is 10.9 Å². The lowest BCUT2D eigenvalue weighted by Gasteiger charge is -2.33. The molecule has 0 radical (unpaired) electrons. The number of nitrogens with zero attached hydrogens (tertiary/aromatic N) is 4. The van der Waals surface area contributed by atoms with Gasteiger partial charge >= 0.3 is 0 Å². The number of carbonyl (C=O) groups is 1. The molecule has 3 aromatic rings. The molecule has 1 fully saturated rings. The lowest BCUT2D eigenvalue weighted by molar-refractivity contribution is -0.116. The number of benzene rings is 1. The van der Waals surface area contributed by atoms with Gasteiger partial charge in [-0.15, -0.1) is 0 Å². The first-order chi connectivity index (χ1) is 14.1. The molecule has 0 bridgehead atoms. The van der Waals surface area contributed by atoms with Gasteiger partial charge in [-0.3, -0.25) is 9.59 Å². The molecule has 3 heterocycles. The highest BCUT2D eigenvalue weighted by Gasteiger charge is 2.15. The van der Waals surface area contributed by atoms with Crippen LogP contribution >= 0.6 is 0 Å². The first kappa shape index (κ1) is 19.1. The number of nitrogens with one attached hydrogen (secondary N) is 2. The van der Waals surface area contributed by atoms with E-state index in [4.69, 9.17) is 0 Å². The normalized spacial score (nSPS) is 14.9. The van der Waals surface area contributed by atoms with Crippen molar-refractivity contribution in [3.8, 4) is 0 Å². The fraction of sp³-hybridized carbons (Fsp3) is 0.333. The molecule has 1 amide bonds. The van der Waals surface area contributed by atoms with Crippen molar-refractivity contribution < 1.29 is 4.79 Å². The monoisotopic (exact) mass is 392 g/mol. The van der Waals surface area contributed by atoms with Gasteiger partial charge in [0.1, 0.15) is 11.6 Å². The summed E-state index contributed by atoms with van der Waals surface area (Å²) in [6.45, 7) is 3.94. The number of pyridine rings is 1. The molecule has 0 unspecified atom stereocenters. The summed E-state index contributed by atoms with van der Waals surface area (Å²) in [4.78, 5) is 40.6. The van der Waals surface area contributed by atoms with Crippen LogP contribution in [0.4, 0.5) is 11.5 Å². The summed E-state index contributed by atoms with van der Waals surface area (Å²) in [6, 6.07) is 11.0. The van der Waals surface area contributed by atoms with Crippen molar-refractivity contribution in [3.63, 3.8) is 0 Å². The van der Waals surface area contributed by atoms with Crippen molar-refractivity contribution in [1.29, 1.82) is 0 Å². The highest BCUT2D eigenvalue weighted by atomic mass is 16.1. The SMILES string of the molecule is CN1CCN(c2ccc(NC(=O)CCc3nc4ccccc4c(=O)[nH]3)cn2)CC1. The van der Waals surface area contributed by atoms with Gasteiger partial charge in [0.15, 0.2) is 0 Å². The molecule has 1 saturated heterocycles. The number of likely N-dealkylation sites (N-methyl/N-ethyl adjacent to an activating group) is 1. The zero-order valence-corrected chi connectivity index (χ0v) is 16.4. The average molecular weight is 392 g/mol. The predicted molar refractivity (Wildman–Crippen MR) is 113 cm³/mol. The second-order valence-corrected chi connectivity index (χ2v) is 7.27. The van der Waals surface area contributed by atoms with E-state index >= 15 is 0 Å². The molecule has 1 aromatic carbocycles. The molecule has 8 nitrogen and oxygen atoms in total. The molecule has 2 N–H and O–H groups in total. The van der Waals surface area contributed by atoms with Crippen LogP contribution in [-0.4, -0.2) is 59.0 Å². The van der Waals surface area contributed by atoms with Gasteiger partial charge in [-0.1, -0.05) is 12.1 Å². The summed E-state index contributed by atoms with van der Waals surface area (Å²) >= 11 is 0. The lowest BCUT2D eigenvalue weighted by atomic mass is 10.2. The van der Waals surface area contributed by atoms with E-state index in [1.165, 1.54) is 0 Å². The topological polar surface area (TPSA) is 94.2 Å². The van der Waals surface area contributed by atoms with Crippen molar-refractivity contribution in [2.45, 2.75) is 12.8 Å². The number of aromatic amines is 1. The van der Waals surface area contributed by atoms with E-state index in [0.29, 0.717) is 28.8 Å². The van der Waals surface area contributed by atoms with E-state index in [0.717, 1.165) is 32.0 Å². The quantitative estimate of drug-likeness (QED) is 0.686. The molecule has 150 valence electrons. The van der Waals surface area contributed by atoms with Gasteiger partial charge in [0, 0.05) is 39.0 Å². The van der Waals surface area contributed by atoms with Gasteiger partial charge in [0.2, 0.25) is 5.91 Å². The average Bonchev–Trinajstić information content (AvgIpc) is 2.74.